The van der Waals surface area contributed by atoms with Crippen molar-refractivity contribution in [3.8, 4) is 0 Å². The maximum absolute atomic E-state index is 11.5. The molecule has 0 saturated carbocycles. The Kier molecular flexibility index (Phi) is 5.31. The van der Waals surface area contributed by atoms with Crippen molar-refractivity contribution >= 4 is 11.8 Å². The number of hydrogen-bond acceptors (Lipinski definition) is 2. The van der Waals surface area contributed by atoms with E-state index in [1.54, 1.807) is 31.2 Å². The Labute approximate surface area is 107 Å². The molecule has 1 atom stereocenters. The third-order valence-electron chi connectivity index (χ3n) is 2.85. The fourth-order valence-electron chi connectivity index (χ4n) is 1.86. The number of carbonyl (C=O) groups excluding carboxylic acids is 1. The third kappa shape index (κ3) is 3.55. The summed E-state index contributed by atoms with van der Waals surface area (Å²) >= 11 is 0. The predicted octanol–water partition coefficient (Wildman–Crippen LogP) is 3.17. The van der Waals surface area contributed by atoms with E-state index in [0.29, 0.717) is 24.0 Å². The average Bonchev–Trinajstić information content (AvgIpc) is 2.38. The van der Waals surface area contributed by atoms with Crippen molar-refractivity contribution in [1.82, 2.24) is 0 Å². The Morgan fingerprint density at radius 2 is 1.78 bits per heavy atom. The van der Waals surface area contributed by atoms with Gasteiger partial charge in [0, 0.05) is 6.42 Å². The quantitative estimate of drug-likeness (QED) is 0.784. The SMILES string of the molecule is CCC(=O)/C=C(\CC)C(C(=O)O)c1ccccc1. The van der Waals surface area contributed by atoms with Gasteiger partial charge in [-0.3, -0.25) is 9.59 Å². The lowest BCUT2D eigenvalue weighted by atomic mass is 9.88. The lowest BCUT2D eigenvalue weighted by Crippen LogP contribution is -2.15. The van der Waals surface area contributed by atoms with Gasteiger partial charge in [-0.25, -0.2) is 0 Å². The maximum atomic E-state index is 11.5. The summed E-state index contributed by atoms with van der Waals surface area (Å²) in [5.41, 5.74) is 1.36. The summed E-state index contributed by atoms with van der Waals surface area (Å²) < 4.78 is 0. The maximum Gasteiger partial charge on any atom is 0.315 e. The highest BCUT2D eigenvalue weighted by molar-refractivity contribution is 5.92. The first-order valence-corrected chi connectivity index (χ1v) is 6.11. The van der Waals surface area contributed by atoms with Gasteiger partial charge in [0.05, 0.1) is 0 Å². The molecule has 1 aromatic rings. The van der Waals surface area contributed by atoms with Gasteiger partial charge in [-0.1, -0.05) is 44.2 Å². The van der Waals surface area contributed by atoms with Crippen LogP contribution in [0.2, 0.25) is 0 Å². The van der Waals surface area contributed by atoms with Crippen molar-refractivity contribution in [3.05, 3.63) is 47.5 Å². The van der Waals surface area contributed by atoms with Crippen LogP contribution in [0.25, 0.3) is 0 Å². The van der Waals surface area contributed by atoms with Crippen molar-refractivity contribution in [3.63, 3.8) is 0 Å². The zero-order valence-electron chi connectivity index (χ0n) is 10.7. The molecule has 0 aliphatic carbocycles. The van der Waals surface area contributed by atoms with Gasteiger partial charge in [-0.15, -0.1) is 0 Å². The molecule has 0 fully saturated rings. The lowest BCUT2D eigenvalue weighted by Gasteiger charge is -2.15. The Balaban J connectivity index is 3.16. The van der Waals surface area contributed by atoms with Gasteiger partial charge in [0.15, 0.2) is 5.78 Å². The Morgan fingerprint density at radius 1 is 1.17 bits per heavy atom. The van der Waals surface area contributed by atoms with E-state index in [1.807, 2.05) is 13.0 Å². The molecule has 0 spiro atoms. The van der Waals surface area contributed by atoms with Crippen molar-refractivity contribution in [2.24, 2.45) is 0 Å². The predicted molar refractivity (Wildman–Crippen MR) is 70.5 cm³/mol. The van der Waals surface area contributed by atoms with Gasteiger partial charge in [0.1, 0.15) is 5.92 Å². The van der Waals surface area contributed by atoms with Gasteiger partial charge in [0.2, 0.25) is 0 Å². The normalized spacial score (nSPS) is 13.1. The van der Waals surface area contributed by atoms with Gasteiger partial charge < -0.3 is 5.11 Å². The second-order valence-electron chi connectivity index (χ2n) is 4.07. The molecular formula is C15H18O3. The molecule has 0 radical (unpaired) electrons. The minimum absolute atomic E-state index is 0.0333. The Morgan fingerprint density at radius 3 is 2.22 bits per heavy atom. The van der Waals surface area contributed by atoms with Gasteiger partial charge in [-0.05, 0) is 23.6 Å². The summed E-state index contributed by atoms with van der Waals surface area (Å²) in [6, 6.07) is 9.01. The van der Waals surface area contributed by atoms with E-state index in [1.165, 1.54) is 6.08 Å². The molecule has 0 saturated heterocycles. The highest BCUT2D eigenvalue weighted by Gasteiger charge is 2.23. The number of ketones is 1. The molecule has 96 valence electrons. The molecule has 3 nitrogen and oxygen atoms in total. The van der Waals surface area contributed by atoms with Crippen LogP contribution in [0.1, 0.15) is 38.2 Å². The van der Waals surface area contributed by atoms with E-state index in [-0.39, 0.29) is 5.78 Å². The zero-order valence-corrected chi connectivity index (χ0v) is 10.7. The molecule has 0 aliphatic rings. The minimum Gasteiger partial charge on any atom is -0.481 e. The summed E-state index contributed by atoms with van der Waals surface area (Å²) in [6.45, 7) is 3.64. The summed E-state index contributed by atoms with van der Waals surface area (Å²) in [6.07, 6.45) is 2.42. The highest BCUT2D eigenvalue weighted by Crippen LogP contribution is 2.27. The first-order valence-electron chi connectivity index (χ1n) is 6.11. The van der Waals surface area contributed by atoms with E-state index >= 15 is 0 Å². The van der Waals surface area contributed by atoms with E-state index in [2.05, 4.69) is 0 Å². The van der Waals surface area contributed by atoms with Gasteiger partial charge >= 0.3 is 5.97 Å². The molecule has 1 N–H and O–H groups in total. The number of carbonyl (C=O) groups is 2. The smallest absolute Gasteiger partial charge is 0.315 e. The number of benzene rings is 1. The van der Waals surface area contributed by atoms with E-state index < -0.39 is 11.9 Å². The van der Waals surface area contributed by atoms with Crippen LogP contribution in [0, 0.1) is 0 Å². The van der Waals surface area contributed by atoms with Crippen LogP contribution in [-0.2, 0) is 9.59 Å². The molecule has 18 heavy (non-hydrogen) atoms. The number of rotatable bonds is 6. The minimum atomic E-state index is -0.918. The molecule has 3 heteroatoms. The fraction of sp³-hybridized carbons (Fsp3) is 0.333. The largest absolute Gasteiger partial charge is 0.481 e. The molecule has 1 unspecified atom stereocenters. The molecule has 1 aromatic carbocycles. The first kappa shape index (κ1) is 14.2. The topological polar surface area (TPSA) is 54.4 Å². The van der Waals surface area contributed by atoms with Gasteiger partial charge in [0.25, 0.3) is 0 Å². The van der Waals surface area contributed by atoms with E-state index in [0.717, 1.165) is 0 Å². The number of aliphatic carboxylic acids is 1. The number of hydrogen-bond donors (Lipinski definition) is 1. The van der Waals surface area contributed by atoms with Crippen LogP contribution in [0.5, 0.6) is 0 Å². The second-order valence-corrected chi connectivity index (χ2v) is 4.07. The molecular weight excluding hydrogens is 228 g/mol. The van der Waals surface area contributed by atoms with Crippen molar-refractivity contribution in [2.45, 2.75) is 32.6 Å². The highest BCUT2D eigenvalue weighted by atomic mass is 16.4. The lowest BCUT2D eigenvalue weighted by molar-refractivity contribution is -0.137. The van der Waals surface area contributed by atoms with Crippen LogP contribution in [-0.4, -0.2) is 16.9 Å². The summed E-state index contributed by atoms with van der Waals surface area (Å²) in [7, 11) is 0. The first-order chi connectivity index (χ1) is 8.60. The van der Waals surface area contributed by atoms with Crippen LogP contribution in [0.15, 0.2) is 42.0 Å². The monoisotopic (exact) mass is 246 g/mol. The second kappa shape index (κ2) is 6.74. The van der Waals surface area contributed by atoms with Crippen molar-refractivity contribution in [2.75, 3.05) is 0 Å². The molecule has 1 rings (SSSR count). The van der Waals surface area contributed by atoms with Crippen LogP contribution in [0.3, 0.4) is 0 Å². The molecule has 0 aromatic heterocycles. The fourth-order valence-corrected chi connectivity index (χ4v) is 1.86. The zero-order chi connectivity index (χ0) is 13.5. The summed E-state index contributed by atoms with van der Waals surface area (Å²) in [5, 5.41) is 9.36. The van der Waals surface area contributed by atoms with Crippen molar-refractivity contribution < 1.29 is 14.7 Å². The van der Waals surface area contributed by atoms with Crippen LogP contribution >= 0.6 is 0 Å². The van der Waals surface area contributed by atoms with Crippen LogP contribution in [0.4, 0.5) is 0 Å². The van der Waals surface area contributed by atoms with Gasteiger partial charge in [-0.2, -0.15) is 0 Å². The average molecular weight is 246 g/mol. The molecule has 0 bridgehead atoms. The van der Waals surface area contributed by atoms with E-state index in [9.17, 15) is 14.7 Å². The number of carboxylic acid groups (broad SMARTS) is 1. The summed E-state index contributed by atoms with van der Waals surface area (Å²) in [4.78, 5) is 22.9. The molecule has 0 amide bonds. The molecule has 0 heterocycles. The Bertz CT molecular complexity index is 446. The standard InChI is InChI=1S/C15H18O3/c1-3-11(10-13(16)4-2)14(15(17)18)12-8-6-5-7-9-12/h5-10,14H,3-4H2,1-2H3,(H,17,18)/b11-10+. The number of allylic oxidation sites excluding steroid dienone is 1. The van der Waals surface area contributed by atoms with Crippen molar-refractivity contribution in [1.29, 1.82) is 0 Å². The molecule has 0 aliphatic heterocycles. The third-order valence-corrected chi connectivity index (χ3v) is 2.85. The van der Waals surface area contributed by atoms with Crippen LogP contribution < -0.4 is 0 Å². The summed E-state index contributed by atoms with van der Waals surface area (Å²) in [5.74, 6) is -1.68. The Hall–Kier alpha value is -1.90. The van der Waals surface area contributed by atoms with E-state index in [4.69, 9.17) is 0 Å². The number of carboxylic acids is 1.